The van der Waals surface area contributed by atoms with Crippen molar-refractivity contribution in [1.82, 2.24) is 9.97 Å². The van der Waals surface area contributed by atoms with Gasteiger partial charge in [-0.15, -0.1) is 0 Å². The van der Waals surface area contributed by atoms with Gasteiger partial charge in [0, 0.05) is 16.9 Å². The van der Waals surface area contributed by atoms with Gasteiger partial charge in [-0.2, -0.15) is 4.98 Å². The summed E-state index contributed by atoms with van der Waals surface area (Å²) in [6, 6.07) is 13.8. The van der Waals surface area contributed by atoms with Crippen LogP contribution in [0.25, 0.3) is 22.7 Å². The molecule has 0 fully saturated rings. The number of nitrogens with one attached hydrogen (secondary N) is 1. The molecule has 0 saturated heterocycles. The molecule has 146 valence electrons. The fourth-order valence-electron chi connectivity index (χ4n) is 2.77. The molecule has 0 aliphatic rings. The number of carbonyl (C=O) groups excluding carboxylic acids is 1. The Morgan fingerprint density at radius 1 is 1.17 bits per heavy atom. The summed E-state index contributed by atoms with van der Waals surface area (Å²) in [6.07, 6.45) is 1.63. The highest BCUT2D eigenvalue weighted by Crippen LogP contribution is 2.32. The number of aryl methyl sites for hydroxylation is 1. The van der Waals surface area contributed by atoms with E-state index in [-0.39, 0.29) is 12.5 Å². The third-order valence-electron chi connectivity index (χ3n) is 4.14. The fraction of sp³-hybridized carbons (Fsp3) is 0.0952. The average molecular weight is 428 g/mol. The molecule has 1 N–H and O–H groups in total. The lowest BCUT2D eigenvalue weighted by Crippen LogP contribution is -2.20. The van der Waals surface area contributed by atoms with E-state index in [0.717, 1.165) is 5.56 Å². The summed E-state index contributed by atoms with van der Waals surface area (Å²) in [7, 11) is 0. The van der Waals surface area contributed by atoms with Crippen LogP contribution in [0.5, 0.6) is 5.75 Å². The Kier molecular flexibility index (Phi) is 5.38. The van der Waals surface area contributed by atoms with Crippen LogP contribution >= 0.6 is 23.2 Å². The van der Waals surface area contributed by atoms with Crippen LogP contribution < -0.4 is 10.1 Å². The van der Waals surface area contributed by atoms with Crippen LogP contribution in [0.2, 0.25) is 10.0 Å². The van der Waals surface area contributed by atoms with Crippen LogP contribution in [0.3, 0.4) is 0 Å². The minimum absolute atomic E-state index is 0.146. The van der Waals surface area contributed by atoms with Crippen molar-refractivity contribution in [2.24, 2.45) is 0 Å². The topological polar surface area (TPSA) is 77.2 Å². The van der Waals surface area contributed by atoms with Crippen LogP contribution in [-0.2, 0) is 4.79 Å². The molecule has 2 heterocycles. The van der Waals surface area contributed by atoms with Crippen molar-refractivity contribution in [3.8, 4) is 17.2 Å². The van der Waals surface area contributed by atoms with E-state index in [1.54, 1.807) is 54.7 Å². The van der Waals surface area contributed by atoms with E-state index < -0.39 is 0 Å². The van der Waals surface area contributed by atoms with E-state index in [0.29, 0.717) is 44.2 Å². The Morgan fingerprint density at radius 3 is 2.83 bits per heavy atom. The highest BCUT2D eigenvalue weighted by molar-refractivity contribution is 6.33. The van der Waals surface area contributed by atoms with Crippen LogP contribution in [0.1, 0.15) is 5.56 Å². The highest BCUT2D eigenvalue weighted by atomic mass is 35.5. The summed E-state index contributed by atoms with van der Waals surface area (Å²) in [5, 5.41) is 3.84. The standard InChI is InChI=1S/C21H15Cl2N3O3/c1-12-9-13(22)4-7-17(12)28-11-19(27)25-14-5-6-16(23)15(10-14)21-26-20-18(29-21)3-2-8-24-20/h2-10H,11H2,1H3,(H,25,27). The average Bonchev–Trinajstić information content (AvgIpc) is 3.13. The summed E-state index contributed by atoms with van der Waals surface area (Å²) >= 11 is 12.2. The molecule has 2 aromatic heterocycles. The molecule has 0 aliphatic heterocycles. The number of nitrogens with zero attached hydrogens (tertiary/aromatic N) is 2. The molecule has 4 aromatic rings. The Bertz CT molecular complexity index is 1170. The van der Waals surface area contributed by atoms with Gasteiger partial charge in [0.15, 0.2) is 17.8 Å². The zero-order chi connectivity index (χ0) is 20.4. The lowest BCUT2D eigenvalue weighted by Gasteiger charge is -2.10. The molecule has 6 nitrogen and oxygen atoms in total. The van der Waals surface area contributed by atoms with Gasteiger partial charge in [0.05, 0.1) is 10.6 Å². The first-order valence-corrected chi connectivity index (χ1v) is 9.45. The predicted octanol–water partition coefficient (Wildman–Crippen LogP) is 5.52. The molecule has 0 unspecified atom stereocenters. The van der Waals surface area contributed by atoms with Gasteiger partial charge < -0.3 is 14.5 Å². The SMILES string of the molecule is Cc1cc(Cl)ccc1OCC(=O)Nc1ccc(Cl)c(-c2nc3ncccc3o2)c1. The molecular formula is C21H15Cl2N3O3. The number of hydrogen-bond acceptors (Lipinski definition) is 5. The van der Waals surface area contributed by atoms with E-state index in [1.807, 2.05) is 6.92 Å². The number of rotatable bonds is 5. The zero-order valence-electron chi connectivity index (χ0n) is 15.3. The molecule has 29 heavy (non-hydrogen) atoms. The van der Waals surface area contributed by atoms with Gasteiger partial charge in [0.25, 0.3) is 5.91 Å². The van der Waals surface area contributed by atoms with E-state index in [2.05, 4.69) is 15.3 Å². The smallest absolute Gasteiger partial charge is 0.262 e. The molecule has 0 saturated carbocycles. The van der Waals surface area contributed by atoms with Gasteiger partial charge in [0.1, 0.15) is 5.75 Å². The largest absolute Gasteiger partial charge is 0.483 e. The number of fused-ring (bicyclic) bond motifs is 1. The quantitative estimate of drug-likeness (QED) is 0.453. The number of oxazole rings is 1. The first-order chi connectivity index (χ1) is 14.0. The first kappa shape index (κ1) is 19.2. The maximum absolute atomic E-state index is 12.3. The third kappa shape index (κ3) is 4.34. The van der Waals surface area contributed by atoms with E-state index in [1.165, 1.54) is 0 Å². The Labute approximate surface area is 176 Å². The fourth-order valence-corrected chi connectivity index (χ4v) is 3.19. The van der Waals surface area contributed by atoms with E-state index in [4.69, 9.17) is 32.4 Å². The number of halogens is 2. The van der Waals surface area contributed by atoms with Crippen molar-refractivity contribution in [2.75, 3.05) is 11.9 Å². The molecule has 0 bridgehead atoms. The summed E-state index contributed by atoms with van der Waals surface area (Å²) in [4.78, 5) is 20.8. The minimum Gasteiger partial charge on any atom is -0.483 e. The van der Waals surface area contributed by atoms with E-state index >= 15 is 0 Å². The molecule has 0 radical (unpaired) electrons. The molecule has 8 heteroatoms. The summed E-state index contributed by atoms with van der Waals surface area (Å²) in [5.41, 5.74) is 2.99. The molecule has 2 aromatic carbocycles. The van der Waals surface area contributed by atoms with Crippen molar-refractivity contribution in [3.63, 3.8) is 0 Å². The summed E-state index contributed by atoms with van der Waals surface area (Å²) in [5.74, 6) is 0.611. The van der Waals surface area contributed by atoms with Crippen LogP contribution in [0.4, 0.5) is 5.69 Å². The number of amides is 1. The number of aromatic nitrogens is 2. The maximum atomic E-state index is 12.3. The summed E-state index contributed by atoms with van der Waals surface area (Å²) < 4.78 is 11.3. The van der Waals surface area contributed by atoms with Gasteiger partial charge in [-0.1, -0.05) is 23.2 Å². The van der Waals surface area contributed by atoms with Gasteiger partial charge in [0.2, 0.25) is 5.89 Å². The molecule has 0 atom stereocenters. The molecule has 1 amide bonds. The number of anilines is 1. The monoisotopic (exact) mass is 427 g/mol. The van der Waals surface area contributed by atoms with Crippen LogP contribution in [0, 0.1) is 6.92 Å². The first-order valence-electron chi connectivity index (χ1n) is 8.70. The van der Waals surface area contributed by atoms with Gasteiger partial charge in [-0.25, -0.2) is 4.98 Å². The van der Waals surface area contributed by atoms with Crippen molar-refractivity contribution in [3.05, 3.63) is 70.3 Å². The number of ether oxygens (including phenoxy) is 1. The zero-order valence-corrected chi connectivity index (χ0v) is 16.8. The lowest BCUT2D eigenvalue weighted by molar-refractivity contribution is -0.118. The number of hydrogen-bond donors (Lipinski definition) is 1. The Morgan fingerprint density at radius 2 is 2.03 bits per heavy atom. The van der Waals surface area contributed by atoms with Gasteiger partial charge in [-0.05, 0) is 61.0 Å². The van der Waals surface area contributed by atoms with Crippen molar-refractivity contribution >= 4 is 46.0 Å². The van der Waals surface area contributed by atoms with Crippen molar-refractivity contribution < 1.29 is 13.9 Å². The Balaban J connectivity index is 1.49. The van der Waals surface area contributed by atoms with Crippen molar-refractivity contribution in [1.29, 1.82) is 0 Å². The summed E-state index contributed by atoms with van der Waals surface area (Å²) in [6.45, 7) is 1.72. The second-order valence-electron chi connectivity index (χ2n) is 6.29. The van der Waals surface area contributed by atoms with E-state index in [9.17, 15) is 4.79 Å². The van der Waals surface area contributed by atoms with Crippen molar-refractivity contribution in [2.45, 2.75) is 6.92 Å². The van der Waals surface area contributed by atoms with Gasteiger partial charge >= 0.3 is 0 Å². The maximum Gasteiger partial charge on any atom is 0.262 e. The number of benzene rings is 2. The lowest BCUT2D eigenvalue weighted by atomic mass is 10.2. The minimum atomic E-state index is -0.313. The second kappa shape index (κ2) is 8.11. The molecule has 0 aliphatic carbocycles. The van der Waals surface area contributed by atoms with Crippen LogP contribution in [0.15, 0.2) is 59.1 Å². The van der Waals surface area contributed by atoms with Crippen LogP contribution in [-0.4, -0.2) is 22.5 Å². The van der Waals surface area contributed by atoms with Gasteiger partial charge in [-0.3, -0.25) is 4.79 Å². The normalized spacial score (nSPS) is 10.9. The molecule has 0 spiro atoms. The molecular weight excluding hydrogens is 413 g/mol. The molecule has 4 rings (SSSR count). The third-order valence-corrected chi connectivity index (χ3v) is 4.71. The predicted molar refractivity (Wildman–Crippen MR) is 113 cm³/mol. The Hall–Kier alpha value is -3.09. The number of carbonyl (C=O) groups is 1. The highest BCUT2D eigenvalue weighted by Gasteiger charge is 2.14. The number of pyridine rings is 1. The second-order valence-corrected chi connectivity index (χ2v) is 7.13.